The van der Waals surface area contributed by atoms with Gasteiger partial charge in [-0.15, -0.1) is 0 Å². The standard InChI is InChI=1S/C19H24N4O4/c1-2-8-20-17(24)16-21-15(14-5-3-4-9-23(14)16)18(25)22-10-6-19(7-11-22)26-12-13-27-19/h3-5,9H,2,6-8,10-13H2,1H3,(H,20,24). The number of hydrogen-bond donors (Lipinski definition) is 1. The Labute approximate surface area is 157 Å². The van der Waals surface area contributed by atoms with Crippen LogP contribution in [0.3, 0.4) is 0 Å². The van der Waals surface area contributed by atoms with Gasteiger partial charge in [-0.05, 0) is 18.6 Å². The van der Waals surface area contributed by atoms with Gasteiger partial charge in [0.2, 0.25) is 5.82 Å². The molecule has 0 aliphatic carbocycles. The lowest BCUT2D eigenvalue weighted by Gasteiger charge is -2.37. The van der Waals surface area contributed by atoms with E-state index in [1.807, 2.05) is 25.1 Å². The molecule has 4 heterocycles. The van der Waals surface area contributed by atoms with Crippen molar-refractivity contribution in [2.75, 3.05) is 32.8 Å². The summed E-state index contributed by atoms with van der Waals surface area (Å²) in [7, 11) is 0. The summed E-state index contributed by atoms with van der Waals surface area (Å²) in [4.78, 5) is 31.7. The number of rotatable bonds is 4. The van der Waals surface area contributed by atoms with Gasteiger partial charge in [0.15, 0.2) is 11.5 Å². The topological polar surface area (TPSA) is 85.2 Å². The first-order chi connectivity index (χ1) is 13.1. The monoisotopic (exact) mass is 372 g/mol. The van der Waals surface area contributed by atoms with Crippen LogP contribution in [-0.4, -0.2) is 64.7 Å². The molecule has 2 aliphatic rings. The van der Waals surface area contributed by atoms with Gasteiger partial charge >= 0.3 is 0 Å². The molecule has 144 valence electrons. The van der Waals surface area contributed by atoms with E-state index < -0.39 is 5.79 Å². The van der Waals surface area contributed by atoms with Crippen molar-refractivity contribution in [1.82, 2.24) is 19.6 Å². The number of carbonyl (C=O) groups is 2. The molecule has 2 aromatic rings. The summed E-state index contributed by atoms with van der Waals surface area (Å²) in [6.45, 7) is 4.85. The van der Waals surface area contributed by atoms with Gasteiger partial charge in [-0.2, -0.15) is 0 Å². The van der Waals surface area contributed by atoms with Gasteiger partial charge in [-0.3, -0.25) is 14.0 Å². The predicted molar refractivity (Wildman–Crippen MR) is 97.6 cm³/mol. The Morgan fingerprint density at radius 1 is 1.22 bits per heavy atom. The van der Waals surface area contributed by atoms with E-state index in [0.717, 1.165) is 6.42 Å². The van der Waals surface area contributed by atoms with Crippen LogP contribution >= 0.6 is 0 Å². The van der Waals surface area contributed by atoms with Crippen LogP contribution in [0.2, 0.25) is 0 Å². The molecule has 8 nitrogen and oxygen atoms in total. The Bertz CT molecular complexity index is 847. The molecule has 2 saturated heterocycles. The van der Waals surface area contributed by atoms with Gasteiger partial charge in [0.25, 0.3) is 11.8 Å². The third-order valence-corrected chi connectivity index (χ3v) is 5.12. The summed E-state index contributed by atoms with van der Waals surface area (Å²) >= 11 is 0. The van der Waals surface area contributed by atoms with E-state index in [4.69, 9.17) is 9.47 Å². The molecule has 0 radical (unpaired) electrons. The third-order valence-electron chi connectivity index (χ3n) is 5.12. The maximum absolute atomic E-state index is 13.1. The number of carbonyl (C=O) groups excluding carboxylic acids is 2. The van der Waals surface area contributed by atoms with E-state index in [1.54, 1.807) is 15.5 Å². The summed E-state index contributed by atoms with van der Waals surface area (Å²) in [5.41, 5.74) is 0.944. The average molecular weight is 372 g/mol. The van der Waals surface area contributed by atoms with Crippen molar-refractivity contribution in [2.24, 2.45) is 0 Å². The van der Waals surface area contributed by atoms with Gasteiger partial charge in [0, 0.05) is 38.7 Å². The molecule has 0 unspecified atom stereocenters. The molecule has 2 fully saturated rings. The van der Waals surface area contributed by atoms with Crippen molar-refractivity contribution in [3.63, 3.8) is 0 Å². The Morgan fingerprint density at radius 2 is 1.96 bits per heavy atom. The maximum Gasteiger partial charge on any atom is 0.287 e. The van der Waals surface area contributed by atoms with E-state index in [-0.39, 0.29) is 17.6 Å². The molecule has 0 aromatic carbocycles. The fourth-order valence-electron chi connectivity index (χ4n) is 3.66. The van der Waals surface area contributed by atoms with Gasteiger partial charge in [0.1, 0.15) is 0 Å². The number of imidazole rings is 1. The molecular weight excluding hydrogens is 348 g/mol. The molecule has 1 spiro atoms. The van der Waals surface area contributed by atoms with Crippen LogP contribution in [0.1, 0.15) is 47.3 Å². The lowest BCUT2D eigenvalue weighted by molar-refractivity contribution is -0.181. The first-order valence-electron chi connectivity index (χ1n) is 9.46. The van der Waals surface area contributed by atoms with Crippen LogP contribution in [0.5, 0.6) is 0 Å². The van der Waals surface area contributed by atoms with Crippen molar-refractivity contribution in [2.45, 2.75) is 32.0 Å². The second-order valence-electron chi connectivity index (χ2n) is 6.90. The number of amides is 2. The van der Waals surface area contributed by atoms with E-state index in [0.29, 0.717) is 56.9 Å². The second kappa shape index (κ2) is 7.28. The van der Waals surface area contributed by atoms with E-state index >= 15 is 0 Å². The zero-order chi connectivity index (χ0) is 18.9. The number of nitrogens with one attached hydrogen (secondary N) is 1. The maximum atomic E-state index is 13.1. The van der Waals surface area contributed by atoms with Gasteiger partial charge in [0.05, 0.1) is 18.7 Å². The number of ether oxygens (including phenoxy) is 2. The minimum Gasteiger partial charge on any atom is -0.349 e. The molecule has 2 aromatic heterocycles. The number of hydrogen-bond acceptors (Lipinski definition) is 5. The molecule has 2 aliphatic heterocycles. The second-order valence-corrected chi connectivity index (χ2v) is 6.90. The third kappa shape index (κ3) is 3.30. The molecular formula is C19H24N4O4. The van der Waals surface area contributed by atoms with Crippen LogP contribution in [0.4, 0.5) is 0 Å². The number of nitrogens with zero attached hydrogens (tertiary/aromatic N) is 3. The zero-order valence-corrected chi connectivity index (χ0v) is 15.4. The van der Waals surface area contributed by atoms with Crippen molar-refractivity contribution < 1.29 is 19.1 Å². The highest BCUT2D eigenvalue weighted by molar-refractivity contribution is 6.02. The molecule has 0 saturated carbocycles. The summed E-state index contributed by atoms with van der Waals surface area (Å²) < 4.78 is 13.1. The lowest BCUT2D eigenvalue weighted by atomic mass is 10.0. The fraction of sp³-hybridized carbons (Fsp3) is 0.526. The smallest absolute Gasteiger partial charge is 0.287 e. The normalized spacial score (nSPS) is 18.9. The molecule has 27 heavy (non-hydrogen) atoms. The average Bonchev–Trinajstić information content (AvgIpc) is 3.31. The highest BCUT2D eigenvalue weighted by Gasteiger charge is 2.41. The number of fused-ring (bicyclic) bond motifs is 1. The fourth-order valence-corrected chi connectivity index (χ4v) is 3.66. The molecule has 2 amide bonds. The lowest BCUT2D eigenvalue weighted by Crippen LogP contribution is -2.47. The van der Waals surface area contributed by atoms with Gasteiger partial charge < -0.3 is 19.7 Å². The number of piperidine rings is 1. The zero-order valence-electron chi connectivity index (χ0n) is 15.4. The van der Waals surface area contributed by atoms with E-state index in [1.165, 1.54) is 0 Å². The van der Waals surface area contributed by atoms with Crippen LogP contribution in [-0.2, 0) is 9.47 Å². The molecule has 0 bridgehead atoms. The Hall–Kier alpha value is -2.45. The first kappa shape index (κ1) is 17.9. The Balaban J connectivity index is 1.58. The van der Waals surface area contributed by atoms with Crippen molar-refractivity contribution in [3.05, 3.63) is 35.9 Å². The van der Waals surface area contributed by atoms with Crippen LogP contribution in [0.15, 0.2) is 24.4 Å². The van der Waals surface area contributed by atoms with E-state index in [9.17, 15) is 9.59 Å². The summed E-state index contributed by atoms with van der Waals surface area (Å²) in [6.07, 6.45) is 3.88. The summed E-state index contributed by atoms with van der Waals surface area (Å²) in [5.74, 6) is -0.736. The summed E-state index contributed by atoms with van der Waals surface area (Å²) in [6, 6.07) is 5.47. The quantitative estimate of drug-likeness (QED) is 0.878. The van der Waals surface area contributed by atoms with E-state index in [2.05, 4.69) is 10.3 Å². The highest BCUT2D eigenvalue weighted by Crippen LogP contribution is 2.32. The highest BCUT2D eigenvalue weighted by atomic mass is 16.7. The first-order valence-corrected chi connectivity index (χ1v) is 9.46. The molecule has 8 heteroatoms. The predicted octanol–water partition coefficient (Wildman–Crippen LogP) is 1.45. The molecule has 1 N–H and O–H groups in total. The largest absolute Gasteiger partial charge is 0.349 e. The Morgan fingerprint density at radius 3 is 2.67 bits per heavy atom. The number of aromatic nitrogens is 2. The van der Waals surface area contributed by atoms with Crippen LogP contribution < -0.4 is 5.32 Å². The minimum atomic E-state index is -0.530. The summed E-state index contributed by atoms with van der Waals surface area (Å²) in [5, 5.41) is 2.83. The number of pyridine rings is 1. The minimum absolute atomic E-state index is 0.166. The van der Waals surface area contributed by atoms with Crippen LogP contribution in [0, 0.1) is 0 Å². The van der Waals surface area contributed by atoms with Gasteiger partial charge in [-0.25, -0.2) is 4.98 Å². The molecule has 0 atom stereocenters. The van der Waals surface area contributed by atoms with Crippen molar-refractivity contribution in [1.29, 1.82) is 0 Å². The Kier molecular flexibility index (Phi) is 4.84. The number of likely N-dealkylation sites (tertiary alicyclic amines) is 1. The van der Waals surface area contributed by atoms with Crippen LogP contribution in [0.25, 0.3) is 5.52 Å². The van der Waals surface area contributed by atoms with Gasteiger partial charge in [-0.1, -0.05) is 13.0 Å². The van der Waals surface area contributed by atoms with Crippen molar-refractivity contribution in [3.8, 4) is 0 Å². The molecule has 4 rings (SSSR count). The SMILES string of the molecule is CCCNC(=O)c1nc(C(=O)N2CCC3(CC2)OCCO3)c2ccccn12. The van der Waals surface area contributed by atoms with Crippen molar-refractivity contribution >= 4 is 17.3 Å².